The van der Waals surface area contributed by atoms with Gasteiger partial charge in [0.1, 0.15) is 0 Å². The fourth-order valence-electron chi connectivity index (χ4n) is 2.35. The first-order valence-corrected chi connectivity index (χ1v) is 8.01. The Kier molecular flexibility index (Phi) is 5.25. The van der Waals surface area contributed by atoms with Gasteiger partial charge in [-0.2, -0.15) is 0 Å². The minimum absolute atomic E-state index is 0.0536. The molecule has 1 aliphatic rings. The number of aliphatic carboxylic acids is 1. The van der Waals surface area contributed by atoms with Crippen molar-refractivity contribution < 1.29 is 19.4 Å². The van der Waals surface area contributed by atoms with Gasteiger partial charge in [0.05, 0.1) is 19.1 Å². The second kappa shape index (κ2) is 6.95. The summed E-state index contributed by atoms with van der Waals surface area (Å²) in [5.41, 5.74) is 1.61. The molecule has 0 bridgehead atoms. The van der Waals surface area contributed by atoms with Gasteiger partial charge in [-0.1, -0.05) is 6.07 Å². The minimum atomic E-state index is -0.908. The highest BCUT2D eigenvalue weighted by molar-refractivity contribution is 7.98. The molecule has 2 rings (SSSR count). The maximum atomic E-state index is 12.6. The molecule has 0 spiro atoms. The van der Waals surface area contributed by atoms with Crippen molar-refractivity contribution in [3.8, 4) is 0 Å². The number of hydrogen-bond donors (Lipinski definition) is 1. The van der Waals surface area contributed by atoms with Crippen molar-refractivity contribution in [3.63, 3.8) is 0 Å². The van der Waals surface area contributed by atoms with Gasteiger partial charge in [-0.15, -0.1) is 11.8 Å². The van der Waals surface area contributed by atoms with Crippen LogP contribution in [0.1, 0.15) is 22.3 Å². The summed E-state index contributed by atoms with van der Waals surface area (Å²) in [5.74, 6) is -0.961. The van der Waals surface area contributed by atoms with Crippen LogP contribution in [-0.2, 0) is 9.53 Å². The summed E-state index contributed by atoms with van der Waals surface area (Å²) in [6.45, 7) is 3.11. The van der Waals surface area contributed by atoms with E-state index in [4.69, 9.17) is 9.84 Å². The van der Waals surface area contributed by atoms with E-state index >= 15 is 0 Å². The Morgan fingerprint density at radius 2 is 2.24 bits per heavy atom. The van der Waals surface area contributed by atoms with Crippen LogP contribution in [0.2, 0.25) is 0 Å². The standard InChI is InChI=1S/C15H19NO4S/c1-10-3-4-12(21-2)8-13(10)15(19)16-5-6-20-11(9-16)7-14(17)18/h3-4,8,11H,5-7,9H2,1-2H3,(H,17,18). The molecular formula is C15H19NO4S. The molecule has 1 aromatic rings. The molecule has 0 aliphatic carbocycles. The monoisotopic (exact) mass is 309 g/mol. The lowest BCUT2D eigenvalue weighted by Crippen LogP contribution is -2.46. The number of thioether (sulfide) groups is 1. The fourth-order valence-corrected chi connectivity index (χ4v) is 2.79. The van der Waals surface area contributed by atoms with Crippen LogP contribution in [0.15, 0.2) is 23.1 Å². The SMILES string of the molecule is CSc1ccc(C)c(C(=O)N2CCOC(CC(=O)O)C2)c1. The molecule has 6 heteroatoms. The number of rotatable bonds is 4. The molecule has 5 nitrogen and oxygen atoms in total. The molecule has 1 aliphatic heterocycles. The van der Waals surface area contributed by atoms with Crippen LogP contribution in [0.4, 0.5) is 0 Å². The molecule has 0 aromatic heterocycles. The molecule has 1 amide bonds. The van der Waals surface area contributed by atoms with E-state index in [1.807, 2.05) is 31.4 Å². The normalized spacial score (nSPS) is 18.6. The molecule has 1 heterocycles. The molecule has 1 N–H and O–H groups in total. The van der Waals surface area contributed by atoms with Gasteiger partial charge >= 0.3 is 5.97 Å². The number of carboxylic acid groups (broad SMARTS) is 1. The van der Waals surface area contributed by atoms with Crippen molar-refractivity contribution in [3.05, 3.63) is 29.3 Å². The van der Waals surface area contributed by atoms with Crippen molar-refractivity contribution >= 4 is 23.6 Å². The lowest BCUT2D eigenvalue weighted by Gasteiger charge is -2.32. The Hall–Kier alpha value is -1.53. The fraction of sp³-hybridized carbons (Fsp3) is 0.467. The Balaban J connectivity index is 2.13. The second-order valence-electron chi connectivity index (χ2n) is 5.02. The highest BCUT2D eigenvalue weighted by atomic mass is 32.2. The summed E-state index contributed by atoms with van der Waals surface area (Å²) in [5, 5.41) is 8.83. The number of morpholine rings is 1. The Labute approximate surface area is 128 Å². The number of benzene rings is 1. The Bertz CT molecular complexity index is 546. The van der Waals surface area contributed by atoms with Gasteiger partial charge in [-0.25, -0.2) is 0 Å². The van der Waals surface area contributed by atoms with Crippen LogP contribution in [0.3, 0.4) is 0 Å². The number of amides is 1. The van der Waals surface area contributed by atoms with E-state index in [9.17, 15) is 9.59 Å². The molecule has 1 unspecified atom stereocenters. The van der Waals surface area contributed by atoms with Crippen LogP contribution >= 0.6 is 11.8 Å². The van der Waals surface area contributed by atoms with Crippen LogP contribution in [-0.4, -0.2) is 53.9 Å². The third-order valence-electron chi connectivity index (χ3n) is 3.50. The van der Waals surface area contributed by atoms with Crippen molar-refractivity contribution in [2.24, 2.45) is 0 Å². The van der Waals surface area contributed by atoms with Crippen molar-refractivity contribution in [1.82, 2.24) is 4.90 Å². The topological polar surface area (TPSA) is 66.8 Å². The second-order valence-corrected chi connectivity index (χ2v) is 5.90. The molecule has 1 fully saturated rings. The number of ether oxygens (including phenoxy) is 1. The van der Waals surface area contributed by atoms with Crippen molar-refractivity contribution in [2.45, 2.75) is 24.3 Å². The number of carbonyl (C=O) groups excluding carboxylic acids is 1. The first kappa shape index (κ1) is 15.9. The molecule has 0 radical (unpaired) electrons. The predicted octanol–water partition coefficient (Wildman–Crippen LogP) is 2.03. The van der Waals surface area contributed by atoms with E-state index in [1.165, 1.54) is 0 Å². The van der Waals surface area contributed by atoms with Gasteiger partial charge in [-0.05, 0) is 30.9 Å². The van der Waals surface area contributed by atoms with E-state index in [0.29, 0.717) is 25.3 Å². The smallest absolute Gasteiger partial charge is 0.306 e. The number of carboxylic acids is 1. The van der Waals surface area contributed by atoms with Crippen LogP contribution < -0.4 is 0 Å². The molecule has 0 saturated carbocycles. The van der Waals surface area contributed by atoms with Gasteiger partial charge < -0.3 is 14.7 Å². The summed E-state index contributed by atoms with van der Waals surface area (Å²) in [7, 11) is 0. The van der Waals surface area contributed by atoms with E-state index in [1.54, 1.807) is 16.7 Å². The number of nitrogens with zero attached hydrogens (tertiary/aromatic N) is 1. The third-order valence-corrected chi connectivity index (χ3v) is 4.23. The summed E-state index contributed by atoms with van der Waals surface area (Å²) in [4.78, 5) is 26.1. The number of aryl methyl sites for hydroxylation is 1. The van der Waals surface area contributed by atoms with Gasteiger partial charge in [0.15, 0.2) is 0 Å². The summed E-state index contributed by atoms with van der Waals surface area (Å²) in [6, 6.07) is 5.82. The minimum Gasteiger partial charge on any atom is -0.481 e. The third kappa shape index (κ3) is 3.98. The van der Waals surface area contributed by atoms with E-state index < -0.39 is 12.1 Å². The zero-order chi connectivity index (χ0) is 15.4. The molecule has 21 heavy (non-hydrogen) atoms. The van der Waals surface area contributed by atoms with Crippen molar-refractivity contribution in [2.75, 3.05) is 26.0 Å². The summed E-state index contributed by atoms with van der Waals surface area (Å²) < 4.78 is 5.40. The summed E-state index contributed by atoms with van der Waals surface area (Å²) in [6.07, 6.45) is 1.47. The zero-order valence-corrected chi connectivity index (χ0v) is 13.0. The maximum absolute atomic E-state index is 12.6. The predicted molar refractivity (Wildman–Crippen MR) is 80.9 cm³/mol. The highest BCUT2D eigenvalue weighted by Crippen LogP contribution is 2.21. The largest absolute Gasteiger partial charge is 0.481 e. The van der Waals surface area contributed by atoms with Crippen LogP contribution in [0, 0.1) is 6.92 Å². The lowest BCUT2D eigenvalue weighted by molar-refractivity contribution is -0.141. The average Bonchev–Trinajstić information content (AvgIpc) is 2.46. The van der Waals surface area contributed by atoms with E-state index in [2.05, 4.69) is 0 Å². The lowest BCUT2D eigenvalue weighted by atomic mass is 10.1. The Morgan fingerprint density at radius 3 is 2.90 bits per heavy atom. The molecule has 1 aromatic carbocycles. The first-order valence-electron chi connectivity index (χ1n) is 6.78. The first-order chi connectivity index (χ1) is 10.0. The number of carbonyl (C=O) groups is 2. The quantitative estimate of drug-likeness (QED) is 0.862. The summed E-state index contributed by atoms with van der Waals surface area (Å²) >= 11 is 1.59. The van der Waals surface area contributed by atoms with Gasteiger partial charge in [-0.3, -0.25) is 9.59 Å². The van der Waals surface area contributed by atoms with Crippen LogP contribution in [0.5, 0.6) is 0 Å². The maximum Gasteiger partial charge on any atom is 0.306 e. The van der Waals surface area contributed by atoms with Crippen LogP contribution in [0.25, 0.3) is 0 Å². The van der Waals surface area contributed by atoms with Gasteiger partial charge in [0.25, 0.3) is 5.91 Å². The molecule has 114 valence electrons. The van der Waals surface area contributed by atoms with Gasteiger partial charge in [0.2, 0.25) is 0 Å². The molecular weight excluding hydrogens is 290 g/mol. The molecule has 1 atom stereocenters. The zero-order valence-electron chi connectivity index (χ0n) is 12.2. The Morgan fingerprint density at radius 1 is 1.48 bits per heavy atom. The molecule has 1 saturated heterocycles. The highest BCUT2D eigenvalue weighted by Gasteiger charge is 2.27. The average molecular weight is 309 g/mol. The van der Waals surface area contributed by atoms with Crippen molar-refractivity contribution in [1.29, 1.82) is 0 Å². The van der Waals surface area contributed by atoms with E-state index in [-0.39, 0.29) is 12.3 Å². The van der Waals surface area contributed by atoms with Gasteiger partial charge in [0, 0.05) is 23.5 Å². The number of hydrogen-bond acceptors (Lipinski definition) is 4. The van der Waals surface area contributed by atoms with E-state index in [0.717, 1.165) is 10.5 Å².